The van der Waals surface area contributed by atoms with Crippen LogP contribution in [0.25, 0.3) is 0 Å². The van der Waals surface area contributed by atoms with E-state index in [0.29, 0.717) is 5.96 Å². The number of rotatable bonds is 1. The molecule has 0 radical (unpaired) electrons. The Bertz CT molecular complexity index is 242. The number of aliphatic imine (C=N–C) groups is 1. The van der Waals surface area contributed by atoms with Crippen molar-refractivity contribution in [1.82, 2.24) is 9.80 Å². The fraction of sp³-hybridized carbons (Fsp3) is 0.800. The summed E-state index contributed by atoms with van der Waals surface area (Å²) in [6.45, 7) is 7.33. The maximum Gasteiger partial charge on any atom is 0.211 e. The van der Waals surface area contributed by atoms with E-state index in [4.69, 9.17) is 5.26 Å². The molecule has 0 unspecified atom stereocenters. The molecule has 0 aromatic heterocycles. The van der Waals surface area contributed by atoms with Gasteiger partial charge in [-0.15, -0.1) is 4.99 Å². The SMILES string of the molecule is CN(C)/C(=N\C#N)N(C)CC(C)(C)C. The van der Waals surface area contributed by atoms with E-state index in [9.17, 15) is 0 Å². The van der Waals surface area contributed by atoms with Gasteiger partial charge < -0.3 is 9.80 Å². The highest BCUT2D eigenvalue weighted by molar-refractivity contribution is 5.80. The second-order valence-electron chi connectivity index (χ2n) is 4.82. The third-order valence-corrected chi connectivity index (χ3v) is 1.60. The first-order valence-corrected chi connectivity index (χ1v) is 4.63. The lowest BCUT2D eigenvalue weighted by Crippen LogP contribution is -2.41. The summed E-state index contributed by atoms with van der Waals surface area (Å²) in [5, 5.41) is 8.54. The molecule has 0 spiro atoms. The van der Waals surface area contributed by atoms with Gasteiger partial charge in [-0.2, -0.15) is 5.26 Å². The molecular formula is C10H20N4. The lowest BCUT2D eigenvalue weighted by molar-refractivity contribution is 0.287. The minimum absolute atomic E-state index is 0.195. The highest BCUT2D eigenvalue weighted by Crippen LogP contribution is 2.14. The molecule has 0 heterocycles. The normalized spacial score (nSPS) is 12.2. The zero-order chi connectivity index (χ0) is 11.4. The van der Waals surface area contributed by atoms with Crippen LogP contribution in [0.4, 0.5) is 0 Å². The molecule has 14 heavy (non-hydrogen) atoms. The number of nitriles is 1. The van der Waals surface area contributed by atoms with Gasteiger partial charge in [-0.1, -0.05) is 20.8 Å². The van der Waals surface area contributed by atoms with Gasteiger partial charge in [-0.3, -0.25) is 0 Å². The van der Waals surface area contributed by atoms with Crippen LogP contribution in [0.15, 0.2) is 4.99 Å². The Hall–Kier alpha value is -1.24. The molecule has 0 fully saturated rings. The number of hydrogen-bond acceptors (Lipinski definition) is 2. The van der Waals surface area contributed by atoms with Crippen molar-refractivity contribution < 1.29 is 0 Å². The van der Waals surface area contributed by atoms with Crippen molar-refractivity contribution in [3.8, 4) is 6.19 Å². The Labute approximate surface area is 86.8 Å². The van der Waals surface area contributed by atoms with E-state index in [0.717, 1.165) is 6.54 Å². The summed E-state index contributed by atoms with van der Waals surface area (Å²) in [6.07, 6.45) is 1.82. The van der Waals surface area contributed by atoms with Crippen molar-refractivity contribution in [2.24, 2.45) is 10.4 Å². The molecule has 0 aliphatic heterocycles. The number of hydrogen-bond donors (Lipinski definition) is 0. The summed E-state index contributed by atoms with van der Waals surface area (Å²) in [6, 6.07) is 0. The maximum atomic E-state index is 8.54. The van der Waals surface area contributed by atoms with E-state index in [-0.39, 0.29) is 5.41 Å². The van der Waals surface area contributed by atoms with Crippen LogP contribution in [0.2, 0.25) is 0 Å². The maximum absolute atomic E-state index is 8.54. The fourth-order valence-corrected chi connectivity index (χ4v) is 1.35. The van der Waals surface area contributed by atoms with Crippen molar-refractivity contribution in [3.63, 3.8) is 0 Å². The summed E-state index contributed by atoms with van der Waals surface area (Å²) in [5.74, 6) is 0.697. The minimum Gasteiger partial charge on any atom is -0.348 e. The molecule has 0 saturated carbocycles. The largest absolute Gasteiger partial charge is 0.348 e. The molecule has 4 nitrogen and oxygen atoms in total. The minimum atomic E-state index is 0.195. The van der Waals surface area contributed by atoms with Crippen molar-refractivity contribution in [2.75, 3.05) is 27.7 Å². The Kier molecular flexibility index (Phi) is 4.42. The van der Waals surface area contributed by atoms with Crippen LogP contribution >= 0.6 is 0 Å². The van der Waals surface area contributed by atoms with E-state index < -0.39 is 0 Å². The van der Waals surface area contributed by atoms with Crippen LogP contribution in [0.3, 0.4) is 0 Å². The standard InChI is InChI=1S/C10H20N4/c1-10(2,3)7-14(6)9(12-8-11)13(4)5/h7H2,1-6H3/b12-9+. The Morgan fingerprint density at radius 2 is 1.79 bits per heavy atom. The molecule has 0 bridgehead atoms. The van der Waals surface area contributed by atoms with Crippen LogP contribution in [-0.4, -0.2) is 43.4 Å². The Morgan fingerprint density at radius 3 is 2.07 bits per heavy atom. The van der Waals surface area contributed by atoms with Crippen LogP contribution in [0.1, 0.15) is 20.8 Å². The second-order valence-corrected chi connectivity index (χ2v) is 4.82. The van der Waals surface area contributed by atoms with Crippen LogP contribution < -0.4 is 0 Å². The lowest BCUT2D eigenvalue weighted by Gasteiger charge is -2.31. The van der Waals surface area contributed by atoms with Gasteiger partial charge in [-0.05, 0) is 5.41 Å². The van der Waals surface area contributed by atoms with E-state index in [1.54, 1.807) is 0 Å². The van der Waals surface area contributed by atoms with E-state index in [2.05, 4.69) is 25.8 Å². The molecule has 0 rings (SSSR count). The fourth-order valence-electron chi connectivity index (χ4n) is 1.35. The van der Waals surface area contributed by atoms with Crippen molar-refractivity contribution in [3.05, 3.63) is 0 Å². The third-order valence-electron chi connectivity index (χ3n) is 1.60. The van der Waals surface area contributed by atoms with Crippen LogP contribution in [0.5, 0.6) is 0 Å². The predicted octanol–water partition coefficient (Wildman–Crippen LogP) is 1.36. The monoisotopic (exact) mass is 196 g/mol. The first kappa shape index (κ1) is 12.8. The van der Waals surface area contributed by atoms with Gasteiger partial charge in [0.1, 0.15) is 0 Å². The zero-order valence-electron chi connectivity index (χ0n) is 10.00. The van der Waals surface area contributed by atoms with Gasteiger partial charge in [0.2, 0.25) is 12.2 Å². The molecule has 4 heteroatoms. The van der Waals surface area contributed by atoms with Crippen LogP contribution in [0, 0.1) is 16.9 Å². The molecule has 0 aromatic carbocycles. The van der Waals surface area contributed by atoms with Gasteiger partial charge in [0, 0.05) is 27.7 Å². The molecule has 0 atom stereocenters. The Morgan fingerprint density at radius 1 is 1.29 bits per heavy atom. The predicted molar refractivity (Wildman–Crippen MR) is 58.8 cm³/mol. The van der Waals surface area contributed by atoms with Gasteiger partial charge >= 0.3 is 0 Å². The molecular weight excluding hydrogens is 176 g/mol. The molecule has 80 valence electrons. The van der Waals surface area contributed by atoms with E-state index in [1.807, 2.05) is 37.1 Å². The Balaban J connectivity index is 4.57. The number of guanidine groups is 1. The molecule has 0 saturated heterocycles. The van der Waals surface area contributed by atoms with Crippen molar-refractivity contribution in [2.45, 2.75) is 20.8 Å². The van der Waals surface area contributed by atoms with Crippen LogP contribution in [-0.2, 0) is 0 Å². The molecule has 0 N–H and O–H groups in total. The summed E-state index contributed by atoms with van der Waals surface area (Å²) < 4.78 is 0. The molecule has 0 aromatic rings. The number of nitrogens with zero attached hydrogens (tertiary/aromatic N) is 4. The molecule has 0 aliphatic rings. The lowest BCUT2D eigenvalue weighted by atomic mass is 9.96. The van der Waals surface area contributed by atoms with Gasteiger partial charge in [-0.25, -0.2) is 0 Å². The smallest absolute Gasteiger partial charge is 0.211 e. The topological polar surface area (TPSA) is 42.6 Å². The summed E-state index contributed by atoms with van der Waals surface area (Å²) in [7, 11) is 5.71. The average Bonchev–Trinajstić information content (AvgIpc) is 1.95. The average molecular weight is 196 g/mol. The molecule has 0 aliphatic carbocycles. The zero-order valence-corrected chi connectivity index (χ0v) is 10.00. The highest BCUT2D eigenvalue weighted by Gasteiger charge is 2.17. The van der Waals surface area contributed by atoms with Crippen molar-refractivity contribution >= 4 is 5.96 Å². The summed E-state index contributed by atoms with van der Waals surface area (Å²) in [5.41, 5.74) is 0.195. The van der Waals surface area contributed by atoms with Gasteiger partial charge in [0.25, 0.3) is 0 Å². The second kappa shape index (κ2) is 4.85. The van der Waals surface area contributed by atoms with Gasteiger partial charge in [0.05, 0.1) is 0 Å². The van der Waals surface area contributed by atoms with E-state index in [1.165, 1.54) is 0 Å². The highest BCUT2D eigenvalue weighted by atomic mass is 15.3. The van der Waals surface area contributed by atoms with Crippen molar-refractivity contribution in [1.29, 1.82) is 5.26 Å². The van der Waals surface area contributed by atoms with E-state index >= 15 is 0 Å². The third kappa shape index (κ3) is 4.70. The first-order valence-electron chi connectivity index (χ1n) is 4.63. The quantitative estimate of drug-likeness (QED) is 0.361. The summed E-state index contributed by atoms with van der Waals surface area (Å²) in [4.78, 5) is 7.61. The summed E-state index contributed by atoms with van der Waals surface area (Å²) >= 11 is 0. The van der Waals surface area contributed by atoms with Gasteiger partial charge in [0.15, 0.2) is 0 Å². The molecule has 0 amide bonds. The first-order chi connectivity index (χ1) is 6.28.